The normalized spacial score (nSPS) is 16.0. The summed E-state index contributed by atoms with van der Waals surface area (Å²) in [6.45, 7) is 1.72. The summed E-state index contributed by atoms with van der Waals surface area (Å²) in [6.07, 6.45) is -0.636. The Hall–Kier alpha value is -3.47. The molecule has 10 nitrogen and oxygen atoms in total. The van der Waals surface area contributed by atoms with Crippen LogP contribution < -0.4 is 9.62 Å². The van der Waals surface area contributed by atoms with Crippen LogP contribution in [0, 0.1) is 10.1 Å². The molecule has 0 aromatic heterocycles. The number of esters is 1. The highest BCUT2D eigenvalue weighted by molar-refractivity contribution is 7.93. The Kier molecular flexibility index (Phi) is 6.01. The molecule has 1 atom stereocenters. The van der Waals surface area contributed by atoms with Crippen molar-refractivity contribution >= 4 is 39.0 Å². The van der Waals surface area contributed by atoms with E-state index >= 15 is 0 Å². The number of nitrogens with one attached hydrogen (secondary N) is 1. The minimum atomic E-state index is -3.39. The van der Waals surface area contributed by atoms with Gasteiger partial charge in [-0.1, -0.05) is 6.07 Å². The van der Waals surface area contributed by atoms with E-state index in [0.29, 0.717) is 24.3 Å². The van der Waals surface area contributed by atoms with Crippen LogP contribution >= 0.6 is 0 Å². The van der Waals surface area contributed by atoms with Crippen LogP contribution in [0.25, 0.3) is 0 Å². The van der Waals surface area contributed by atoms with E-state index in [1.165, 1.54) is 47.6 Å². The molecule has 1 heterocycles. The smallest absolute Gasteiger partial charge is 0.338 e. The first-order chi connectivity index (χ1) is 14.2. The second-order valence-corrected chi connectivity index (χ2v) is 8.65. The number of nitro groups is 1. The maximum atomic E-state index is 12.4. The molecule has 1 fully saturated rings. The zero-order chi connectivity index (χ0) is 21.9. The summed E-state index contributed by atoms with van der Waals surface area (Å²) in [5, 5.41) is 13.2. The highest BCUT2D eigenvalue weighted by Crippen LogP contribution is 2.25. The van der Waals surface area contributed by atoms with Gasteiger partial charge >= 0.3 is 5.97 Å². The van der Waals surface area contributed by atoms with E-state index in [9.17, 15) is 28.1 Å². The lowest BCUT2D eigenvalue weighted by Gasteiger charge is -2.18. The second-order valence-electron chi connectivity index (χ2n) is 6.63. The van der Waals surface area contributed by atoms with Gasteiger partial charge in [-0.05, 0) is 43.7 Å². The predicted molar refractivity (Wildman–Crippen MR) is 109 cm³/mol. The Morgan fingerprint density at radius 2 is 1.90 bits per heavy atom. The van der Waals surface area contributed by atoms with Gasteiger partial charge in [-0.25, -0.2) is 13.2 Å². The lowest BCUT2D eigenvalue weighted by Crippen LogP contribution is -2.30. The average Bonchev–Trinajstić information content (AvgIpc) is 3.07. The quantitative estimate of drug-likeness (QED) is 0.419. The number of carbonyl (C=O) groups excluding carboxylic acids is 2. The number of ether oxygens (including phenoxy) is 1. The van der Waals surface area contributed by atoms with Crippen LogP contribution in [-0.4, -0.2) is 43.6 Å². The van der Waals surface area contributed by atoms with Gasteiger partial charge in [-0.2, -0.15) is 0 Å². The molecule has 30 heavy (non-hydrogen) atoms. The summed E-state index contributed by atoms with van der Waals surface area (Å²) >= 11 is 0. The summed E-state index contributed by atoms with van der Waals surface area (Å²) < 4.78 is 30.5. The number of rotatable bonds is 6. The number of nitrogens with zero attached hydrogens (tertiary/aromatic N) is 2. The lowest BCUT2D eigenvalue weighted by atomic mass is 10.2. The highest BCUT2D eigenvalue weighted by Gasteiger charge is 2.29. The fourth-order valence-corrected chi connectivity index (χ4v) is 4.47. The Morgan fingerprint density at radius 3 is 2.50 bits per heavy atom. The maximum absolute atomic E-state index is 12.4. The Labute approximate surface area is 172 Å². The first kappa shape index (κ1) is 21.2. The molecule has 1 amide bonds. The van der Waals surface area contributed by atoms with Crippen molar-refractivity contribution in [2.75, 3.05) is 21.9 Å². The second kappa shape index (κ2) is 8.49. The van der Waals surface area contributed by atoms with Crippen molar-refractivity contribution in [1.82, 2.24) is 0 Å². The summed E-state index contributed by atoms with van der Waals surface area (Å²) in [4.78, 5) is 34.8. The molecule has 1 saturated heterocycles. The Balaban J connectivity index is 1.64. The first-order valence-electron chi connectivity index (χ1n) is 9.04. The van der Waals surface area contributed by atoms with Gasteiger partial charge in [0.2, 0.25) is 10.0 Å². The van der Waals surface area contributed by atoms with E-state index in [1.54, 1.807) is 12.1 Å². The van der Waals surface area contributed by atoms with Crippen LogP contribution in [0.15, 0.2) is 48.5 Å². The number of nitro benzene ring substituents is 1. The molecule has 1 aliphatic rings. The van der Waals surface area contributed by atoms with Crippen molar-refractivity contribution in [3.8, 4) is 0 Å². The molecule has 1 unspecified atom stereocenters. The largest absolute Gasteiger partial charge is 0.449 e. The number of hydrogen-bond donors (Lipinski definition) is 1. The van der Waals surface area contributed by atoms with Crippen molar-refractivity contribution in [3.63, 3.8) is 0 Å². The van der Waals surface area contributed by atoms with Crippen LogP contribution in [0.1, 0.15) is 23.7 Å². The SMILES string of the molecule is CC(OC(=O)c1cccc(N2CCCS2(=O)=O)c1)C(=O)Nc1ccc([N+](=O)[O-])cc1. The molecule has 3 rings (SSSR count). The van der Waals surface area contributed by atoms with Gasteiger partial charge in [-0.15, -0.1) is 0 Å². The zero-order valence-corrected chi connectivity index (χ0v) is 16.8. The van der Waals surface area contributed by atoms with E-state index in [4.69, 9.17) is 4.74 Å². The highest BCUT2D eigenvalue weighted by atomic mass is 32.2. The van der Waals surface area contributed by atoms with Crippen molar-refractivity contribution in [2.45, 2.75) is 19.4 Å². The molecule has 0 radical (unpaired) electrons. The molecule has 11 heteroatoms. The van der Waals surface area contributed by atoms with Crippen LogP contribution in [0.4, 0.5) is 17.1 Å². The van der Waals surface area contributed by atoms with E-state index in [1.807, 2.05) is 0 Å². The molecule has 1 aliphatic heterocycles. The summed E-state index contributed by atoms with van der Waals surface area (Å²) in [7, 11) is -3.39. The molecular formula is C19H19N3O7S. The molecular weight excluding hydrogens is 414 g/mol. The van der Waals surface area contributed by atoms with Crippen molar-refractivity contribution < 1.29 is 27.7 Å². The Bertz CT molecular complexity index is 1080. The summed E-state index contributed by atoms with van der Waals surface area (Å²) in [6, 6.07) is 11.2. The van der Waals surface area contributed by atoms with Crippen LogP contribution in [0.2, 0.25) is 0 Å². The van der Waals surface area contributed by atoms with E-state index < -0.39 is 32.9 Å². The standard InChI is InChI=1S/C19H19N3O7S/c1-13(18(23)20-15-6-8-16(9-7-15)22(25)26)29-19(24)14-4-2-5-17(12-14)21-10-3-11-30(21,27)28/h2,4-9,12-13H,3,10-11H2,1H3,(H,20,23). The van der Waals surface area contributed by atoms with Crippen LogP contribution in [0.3, 0.4) is 0 Å². The first-order valence-corrected chi connectivity index (χ1v) is 10.6. The molecule has 0 aliphatic carbocycles. The molecule has 0 bridgehead atoms. The minimum Gasteiger partial charge on any atom is -0.449 e. The van der Waals surface area contributed by atoms with Crippen LogP contribution in [-0.2, 0) is 19.6 Å². The monoisotopic (exact) mass is 433 g/mol. The number of amides is 1. The number of carbonyl (C=O) groups is 2. The van der Waals surface area contributed by atoms with E-state index in [0.717, 1.165) is 0 Å². The fourth-order valence-electron chi connectivity index (χ4n) is 2.91. The maximum Gasteiger partial charge on any atom is 0.338 e. The third-order valence-electron chi connectivity index (χ3n) is 4.47. The van der Waals surface area contributed by atoms with E-state index in [-0.39, 0.29) is 17.0 Å². The number of non-ortho nitro benzene ring substituents is 1. The average molecular weight is 433 g/mol. The minimum absolute atomic E-state index is 0.0571. The van der Waals surface area contributed by atoms with Gasteiger partial charge in [0.05, 0.1) is 21.9 Å². The lowest BCUT2D eigenvalue weighted by molar-refractivity contribution is -0.384. The third kappa shape index (κ3) is 4.74. The predicted octanol–water partition coefficient (Wildman–Crippen LogP) is 2.32. The number of anilines is 2. The molecule has 0 saturated carbocycles. The van der Waals surface area contributed by atoms with Gasteiger partial charge in [0.15, 0.2) is 6.10 Å². The van der Waals surface area contributed by atoms with Gasteiger partial charge in [0.1, 0.15) is 0 Å². The zero-order valence-electron chi connectivity index (χ0n) is 16.0. The number of sulfonamides is 1. The fraction of sp³-hybridized carbons (Fsp3) is 0.263. The van der Waals surface area contributed by atoms with Gasteiger partial charge < -0.3 is 10.1 Å². The van der Waals surface area contributed by atoms with Crippen molar-refractivity contribution in [1.29, 1.82) is 0 Å². The number of hydrogen-bond acceptors (Lipinski definition) is 7. The van der Waals surface area contributed by atoms with Crippen molar-refractivity contribution in [3.05, 3.63) is 64.2 Å². The van der Waals surface area contributed by atoms with E-state index in [2.05, 4.69) is 5.32 Å². The number of benzene rings is 2. The summed E-state index contributed by atoms with van der Waals surface area (Å²) in [5.74, 6) is -1.34. The van der Waals surface area contributed by atoms with Crippen LogP contribution in [0.5, 0.6) is 0 Å². The molecule has 2 aromatic rings. The summed E-state index contributed by atoms with van der Waals surface area (Å²) in [5.41, 5.74) is 0.677. The topological polar surface area (TPSA) is 136 Å². The molecule has 158 valence electrons. The van der Waals surface area contributed by atoms with Gasteiger partial charge in [0, 0.05) is 24.4 Å². The molecule has 1 N–H and O–H groups in total. The Morgan fingerprint density at radius 1 is 1.20 bits per heavy atom. The third-order valence-corrected chi connectivity index (χ3v) is 6.34. The van der Waals surface area contributed by atoms with Gasteiger partial charge in [0.25, 0.3) is 11.6 Å². The molecule has 2 aromatic carbocycles. The molecule has 0 spiro atoms. The van der Waals surface area contributed by atoms with Crippen molar-refractivity contribution in [2.24, 2.45) is 0 Å². The van der Waals surface area contributed by atoms with Gasteiger partial charge in [-0.3, -0.25) is 19.2 Å².